The molecule has 0 radical (unpaired) electrons. The van der Waals surface area contributed by atoms with E-state index >= 15 is 0 Å². The topological polar surface area (TPSA) is 53.5 Å². The largest absolute Gasteiger partial charge is 0.491 e. The molecule has 2 aromatic rings. The number of hydrogen-bond acceptors (Lipinski definition) is 5. The highest BCUT2D eigenvalue weighted by atomic mass is 16.5. The second-order valence-electron chi connectivity index (χ2n) is 4.37. The normalized spacial score (nSPS) is 10.3. The van der Waals surface area contributed by atoms with Gasteiger partial charge in [0.25, 0.3) is 0 Å². The molecular formula is C15H18N2O3. The summed E-state index contributed by atoms with van der Waals surface area (Å²) >= 11 is 0. The highest BCUT2D eigenvalue weighted by molar-refractivity contribution is 5.31. The summed E-state index contributed by atoms with van der Waals surface area (Å²) in [4.78, 5) is 7.91. The van der Waals surface area contributed by atoms with Gasteiger partial charge in [-0.25, -0.2) is 9.97 Å². The molecule has 0 saturated heterocycles. The first-order chi connectivity index (χ1) is 9.74. The molecule has 0 atom stereocenters. The van der Waals surface area contributed by atoms with Gasteiger partial charge in [0.1, 0.15) is 24.7 Å². The molecule has 0 unspecified atom stereocenters. The van der Waals surface area contributed by atoms with E-state index in [4.69, 9.17) is 14.2 Å². The van der Waals surface area contributed by atoms with Crippen LogP contribution in [0.5, 0.6) is 17.5 Å². The van der Waals surface area contributed by atoms with E-state index < -0.39 is 0 Å². The minimum atomic E-state index is 0.168. The third kappa shape index (κ3) is 4.76. The SMILES string of the molecule is CC(C)Oc1ccc(OCCOc2ncccn2)cc1. The zero-order valence-electron chi connectivity index (χ0n) is 11.7. The first-order valence-electron chi connectivity index (χ1n) is 6.53. The Morgan fingerprint density at radius 3 is 2.15 bits per heavy atom. The van der Waals surface area contributed by atoms with Crippen LogP contribution in [0.4, 0.5) is 0 Å². The second-order valence-corrected chi connectivity index (χ2v) is 4.37. The molecule has 0 amide bonds. The molecule has 0 spiro atoms. The van der Waals surface area contributed by atoms with Crippen molar-refractivity contribution in [1.82, 2.24) is 9.97 Å². The molecule has 106 valence electrons. The summed E-state index contributed by atoms with van der Waals surface area (Å²) < 4.78 is 16.4. The molecule has 0 aliphatic heterocycles. The van der Waals surface area contributed by atoms with Crippen molar-refractivity contribution in [3.05, 3.63) is 42.7 Å². The zero-order valence-corrected chi connectivity index (χ0v) is 11.7. The predicted molar refractivity (Wildman–Crippen MR) is 75.2 cm³/mol. The zero-order chi connectivity index (χ0) is 14.2. The van der Waals surface area contributed by atoms with Crippen LogP contribution in [-0.4, -0.2) is 29.3 Å². The van der Waals surface area contributed by atoms with Crippen molar-refractivity contribution in [3.63, 3.8) is 0 Å². The maximum Gasteiger partial charge on any atom is 0.316 e. The van der Waals surface area contributed by atoms with Gasteiger partial charge in [-0.1, -0.05) is 0 Å². The Kier molecular flexibility index (Phi) is 5.17. The summed E-state index contributed by atoms with van der Waals surface area (Å²) in [5.41, 5.74) is 0. The molecule has 1 heterocycles. The van der Waals surface area contributed by atoms with Crippen molar-refractivity contribution in [2.45, 2.75) is 20.0 Å². The number of aromatic nitrogens is 2. The molecule has 1 aromatic heterocycles. The maximum absolute atomic E-state index is 5.56. The van der Waals surface area contributed by atoms with Crippen LogP contribution in [0.3, 0.4) is 0 Å². The molecule has 0 saturated carbocycles. The molecule has 5 nitrogen and oxygen atoms in total. The lowest BCUT2D eigenvalue weighted by molar-refractivity contribution is 0.205. The van der Waals surface area contributed by atoms with Gasteiger partial charge in [0.15, 0.2) is 0 Å². The Balaban J connectivity index is 1.71. The van der Waals surface area contributed by atoms with Crippen LogP contribution >= 0.6 is 0 Å². The highest BCUT2D eigenvalue weighted by Gasteiger charge is 1.99. The van der Waals surface area contributed by atoms with Crippen LogP contribution in [-0.2, 0) is 0 Å². The minimum absolute atomic E-state index is 0.168. The number of nitrogens with zero attached hydrogens (tertiary/aromatic N) is 2. The third-order valence-electron chi connectivity index (χ3n) is 2.32. The first kappa shape index (κ1) is 14.1. The van der Waals surface area contributed by atoms with E-state index in [-0.39, 0.29) is 6.10 Å². The van der Waals surface area contributed by atoms with E-state index in [1.165, 1.54) is 0 Å². The summed E-state index contributed by atoms with van der Waals surface area (Å²) in [7, 11) is 0. The molecule has 5 heteroatoms. The summed E-state index contributed by atoms with van der Waals surface area (Å²) in [6.07, 6.45) is 3.44. The average Bonchev–Trinajstić information content (AvgIpc) is 2.46. The lowest BCUT2D eigenvalue weighted by Gasteiger charge is -2.11. The Bertz CT molecular complexity index is 500. The van der Waals surface area contributed by atoms with Crippen LogP contribution in [0, 0.1) is 0 Å². The molecule has 0 aliphatic rings. The Hall–Kier alpha value is -2.30. The number of benzene rings is 1. The van der Waals surface area contributed by atoms with Gasteiger partial charge in [-0.2, -0.15) is 0 Å². The molecule has 20 heavy (non-hydrogen) atoms. The Morgan fingerprint density at radius 2 is 1.50 bits per heavy atom. The summed E-state index contributed by atoms with van der Waals surface area (Å²) in [6.45, 7) is 4.82. The lowest BCUT2D eigenvalue weighted by atomic mass is 10.3. The van der Waals surface area contributed by atoms with E-state index in [0.29, 0.717) is 19.2 Å². The predicted octanol–water partition coefficient (Wildman–Crippen LogP) is 2.72. The van der Waals surface area contributed by atoms with Crippen molar-refractivity contribution >= 4 is 0 Å². The average molecular weight is 274 g/mol. The summed E-state index contributed by atoms with van der Waals surface area (Å²) in [6, 6.07) is 9.61. The molecule has 0 aliphatic carbocycles. The van der Waals surface area contributed by atoms with Gasteiger partial charge in [0.2, 0.25) is 0 Å². The maximum atomic E-state index is 5.56. The van der Waals surface area contributed by atoms with Crippen LogP contribution in [0.2, 0.25) is 0 Å². The highest BCUT2D eigenvalue weighted by Crippen LogP contribution is 2.18. The Labute approximate surface area is 118 Å². The van der Waals surface area contributed by atoms with Gasteiger partial charge in [-0.3, -0.25) is 0 Å². The van der Waals surface area contributed by atoms with Gasteiger partial charge in [-0.05, 0) is 44.2 Å². The van der Waals surface area contributed by atoms with E-state index in [0.717, 1.165) is 11.5 Å². The summed E-state index contributed by atoms with van der Waals surface area (Å²) in [5.74, 6) is 1.61. The van der Waals surface area contributed by atoms with E-state index in [2.05, 4.69) is 9.97 Å². The molecule has 0 N–H and O–H groups in total. The van der Waals surface area contributed by atoms with Crippen molar-refractivity contribution in [1.29, 1.82) is 0 Å². The van der Waals surface area contributed by atoms with Gasteiger partial charge in [0.05, 0.1) is 6.10 Å². The van der Waals surface area contributed by atoms with Crippen molar-refractivity contribution < 1.29 is 14.2 Å². The fourth-order valence-corrected chi connectivity index (χ4v) is 1.54. The lowest BCUT2D eigenvalue weighted by Crippen LogP contribution is -2.10. The fourth-order valence-electron chi connectivity index (χ4n) is 1.54. The molecule has 1 aromatic carbocycles. The Morgan fingerprint density at radius 1 is 0.900 bits per heavy atom. The van der Waals surface area contributed by atoms with Crippen molar-refractivity contribution in [3.8, 4) is 17.5 Å². The van der Waals surface area contributed by atoms with Gasteiger partial charge < -0.3 is 14.2 Å². The smallest absolute Gasteiger partial charge is 0.316 e. The standard InChI is InChI=1S/C15H18N2O3/c1-12(2)20-14-6-4-13(5-7-14)18-10-11-19-15-16-8-3-9-17-15/h3-9,12H,10-11H2,1-2H3. The summed E-state index contributed by atoms with van der Waals surface area (Å²) in [5, 5.41) is 0. The third-order valence-corrected chi connectivity index (χ3v) is 2.32. The quantitative estimate of drug-likeness (QED) is 0.727. The van der Waals surface area contributed by atoms with Gasteiger partial charge in [-0.15, -0.1) is 0 Å². The van der Waals surface area contributed by atoms with E-state index in [1.807, 2.05) is 38.1 Å². The number of rotatable bonds is 7. The first-order valence-corrected chi connectivity index (χ1v) is 6.53. The van der Waals surface area contributed by atoms with Gasteiger partial charge >= 0.3 is 6.01 Å². The van der Waals surface area contributed by atoms with E-state index in [9.17, 15) is 0 Å². The van der Waals surface area contributed by atoms with Crippen LogP contribution in [0.15, 0.2) is 42.7 Å². The van der Waals surface area contributed by atoms with Crippen LogP contribution in [0.1, 0.15) is 13.8 Å². The van der Waals surface area contributed by atoms with Crippen molar-refractivity contribution in [2.24, 2.45) is 0 Å². The minimum Gasteiger partial charge on any atom is -0.491 e. The molecule has 0 bridgehead atoms. The monoisotopic (exact) mass is 274 g/mol. The van der Waals surface area contributed by atoms with Gasteiger partial charge in [0, 0.05) is 12.4 Å². The van der Waals surface area contributed by atoms with E-state index in [1.54, 1.807) is 18.5 Å². The number of hydrogen-bond donors (Lipinski definition) is 0. The number of ether oxygens (including phenoxy) is 3. The fraction of sp³-hybridized carbons (Fsp3) is 0.333. The van der Waals surface area contributed by atoms with Crippen LogP contribution in [0.25, 0.3) is 0 Å². The molecule has 0 fully saturated rings. The second kappa shape index (κ2) is 7.33. The van der Waals surface area contributed by atoms with Crippen LogP contribution < -0.4 is 14.2 Å². The molecular weight excluding hydrogens is 256 g/mol. The van der Waals surface area contributed by atoms with Crippen molar-refractivity contribution in [2.75, 3.05) is 13.2 Å². The molecule has 2 rings (SSSR count).